The Morgan fingerprint density at radius 1 is 0.970 bits per heavy atom. The first-order valence-corrected chi connectivity index (χ1v) is 11.6. The van der Waals surface area contributed by atoms with Crippen LogP contribution in [0.15, 0.2) is 54.6 Å². The van der Waals surface area contributed by atoms with Gasteiger partial charge in [-0.3, -0.25) is 4.79 Å². The summed E-state index contributed by atoms with van der Waals surface area (Å²) >= 11 is 0. The molecule has 1 aliphatic rings. The number of carbonyl (C=O) groups is 1. The maximum atomic E-state index is 12.6. The van der Waals surface area contributed by atoms with Crippen molar-refractivity contribution in [2.45, 2.75) is 33.8 Å². The van der Waals surface area contributed by atoms with Crippen molar-refractivity contribution in [3.05, 3.63) is 77.0 Å². The van der Waals surface area contributed by atoms with E-state index < -0.39 is 0 Å². The van der Waals surface area contributed by atoms with Gasteiger partial charge in [0, 0.05) is 43.0 Å². The van der Waals surface area contributed by atoms with E-state index in [9.17, 15) is 4.79 Å². The van der Waals surface area contributed by atoms with Crippen LogP contribution in [-0.2, 0) is 22.6 Å². The molecule has 0 bridgehead atoms. The predicted molar refractivity (Wildman–Crippen MR) is 131 cm³/mol. The lowest BCUT2D eigenvalue weighted by molar-refractivity contribution is -0.136. The highest BCUT2D eigenvalue weighted by Gasteiger charge is 2.24. The molecule has 0 spiro atoms. The summed E-state index contributed by atoms with van der Waals surface area (Å²) in [7, 11) is 0. The van der Waals surface area contributed by atoms with E-state index in [1.165, 1.54) is 11.1 Å². The molecule has 1 aromatic heterocycles. The van der Waals surface area contributed by atoms with Gasteiger partial charge in [-0.1, -0.05) is 61.0 Å². The van der Waals surface area contributed by atoms with Crippen LogP contribution >= 0.6 is 0 Å². The lowest BCUT2D eigenvalue weighted by Crippen LogP contribution is -2.50. The van der Waals surface area contributed by atoms with Crippen LogP contribution in [0.5, 0.6) is 0 Å². The third-order valence-electron chi connectivity index (χ3n) is 6.09. The molecule has 0 atom stereocenters. The predicted octanol–water partition coefficient (Wildman–Crippen LogP) is 4.19. The molecule has 2 aromatic carbocycles. The average Bonchev–Trinajstić information content (AvgIpc) is 2.84. The summed E-state index contributed by atoms with van der Waals surface area (Å²) < 4.78 is 5.65. The number of aryl methyl sites for hydroxylation is 2. The minimum absolute atomic E-state index is 0.0422. The first kappa shape index (κ1) is 22.9. The van der Waals surface area contributed by atoms with E-state index in [2.05, 4.69) is 43.9 Å². The number of ether oxygens (including phenoxy) is 1. The Balaban J connectivity index is 1.41. The number of benzene rings is 2. The molecule has 3 aromatic rings. The van der Waals surface area contributed by atoms with Crippen LogP contribution in [0.2, 0.25) is 0 Å². The van der Waals surface area contributed by atoms with Gasteiger partial charge in [0.05, 0.1) is 6.61 Å². The largest absolute Gasteiger partial charge is 0.367 e. The molecule has 1 saturated heterocycles. The molecule has 33 heavy (non-hydrogen) atoms. The molecule has 0 saturated carbocycles. The molecule has 6 heteroatoms. The van der Waals surface area contributed by atoms with Gasteiger partial charge in [0.25, 0.3) is 0 Å². The van der Waals surface area contributed by atoms with Gasteiger partial charge in [-0.05, 0) is 31.9 Å². The van der Waals surface area contributed by atoms with Gasteiger partial charge in [0.2, 0.25) is 5.91 Å². The van der Waals surface area contributed by atoms with Crippen LogP contribution in [0.4, 0.5) is 5.82 Å². The summed E-state index contributed by atoms with van der Waals surface area (Å²) in [4.78, 5) is 26.6. The number of nitrogens with zero attached hydrogens (tertiary/aromatic N) is 4. The molecule has 2 heterocycles. The van der Waals surface area contributed by atoms with E-state index in [4.69, 9.17) is 14.7 Å². The van der Waals surface area contributed by atoms with E-state index in [0.717, 1.165) is 48.0 Å². The van der Waals surface area contributed by atoms with Gasteiger partial charge in [-0.15, -0.1) is 0 Å². The number of carbonyl (C=O) groups excluding carboxylic acids is 1. The standard InChI is InChI=1S/C27H32N4O2/c1-4-24-21(3)28-26(23-12-8-9-20(2)17-23)29-27(24)31-15-13-30(14-16-31)25(32)19-33-18-22-10-6-5-7-11-22/h5-12,17H,4,13-16,18-19H2,1-3H3. The summed E-state index contributed by atoms with van der Waals surface area (Å²) in [6.07, 6.45) is 0.877. The molecule has 1 aliphatic heterocycles. The average molecular weight is 445 g/mol. The van der Waals surface area contributed by atoms with Gasteiger partial charge >= 0.3 is 0 Å². The van der Waals surface area contributed by atoms with Crippen LogP contribution in [0.25, 0.3) is 11.4 Å². The Hall–Kier alpha value is -3.25. The fraction of sp³-hybridized carbons (Fsp3) is 0.370. The minimum Gasteiger partial charge on any atom is -0.367 e. The molecule has 1 amide bonds. The second kappa shape index (κ2) is 10.6. The first-order chi connectivity index (χ1) is 16.0. The zero-order valence-corrected chi connectivity index (χ0v) is 19.8. The molecule has 0 radical (unpaired) electrons. The molecule has 0 aliphatic carbocycles. The molecule has 0 unspecified atom stereocenters. The van der Waals surface area contributed by atoms with Crippen molar-refractivity contribution >= 4 is 11.7 Å². The van der Waals surface area contributed by atoms with E-state index in [-0.39, 0.29) is 12.5 Å². The van der Waals surface area contributed by atoms with Crippen LogP contribution in [0.3, 0.4) is 0 Å². The summed E-state index contributed by atoms with van der Waals surface area (Å²) in [5, 5.41) is 0. The molecule has 172 valence electrons. The van der Waals surface area contributed by atoms with E-state index >= 15 is 0 Å². The number of piperazine rings is 1. The summed E-state index contributed by atoms with van der Waals surface area (Å²) in [5.74, 6) is 1.80. The van der Waals surface area contributed by atoms with Crippen molar-refractivity contribution in [2.24, 2.45) is 0 Å². The Morgan fingerprint density at radius 2 is 1.73 bits per heavy atom. The van der Waals surface area contributed by atoms with E-state index in [1.807, 2.05) is 41.3 Å². The maximum Gasteiger partial charge on any atom is 0.248 e. The first-order valence-electron chi connectivity index (χ1n) is 11.6. The Bertz CT molecular complexity index is 1090. The Kier molecular flexibility index (Phi) is 7.35. The summed E-state index contributed by atoms with van der Waals surface area (Å²) in [6.45, 7) is 9.69. The lowest BCUT2D eigenvalue weighted by Gasteiger charge is -2.36. The van der Waals surface area contributed by atoms with Crippen LogP contribution in [0, 0.1) is 13.8 Å². The molecule has 6 nitrogen and oxygen atoms in total. The second-order valence-corrected chi connectivity index (χ2v) is 8.50. The van der Waals surface area contributed by atoms with Crippen molar-refractivity contribution in [2.75, 3.05) is 37.7 Å². The van der Waals surface area contributed by atoms with Gasteiger partial charge in [0.1, 0.15) is 12.4 Å². The normalized spacial score (nSPS) is 13.9. The number of hydrogen-bond donors (Lipinski definition) is 0. The highest BCUT2D eigenvalue weighted by molar-refractivity contribution is 5.77. The second-order valence-electron chi connectivity index (χ2n) is 8.50. The number of rotatable bonds is 7. The molecular formula is C27H32N4O2. The smallest absolute Gasteiger partial charge is 0.248 e. The monoisotopic (exact) mass is 444 g/mol. The zero-order valence-electron chi connectivity index (χ0n) is 19.8. The molecule has 1 fully saturated rings. The fourth-order valence-corrected chi connectivity index (χ4v) is 4.26. The third kappa shape index (κ3) is 5.57. The third-order valence-corrected chi connectivity index (χ3v) is 6.09. The van der Waals surface area contributed by atoms with Crippen molar-refractivity contribution in [3.8, 4) is 11.4 Å². The molecule has 4 rings (SSSR count). The summed E-state index contributed by atoms with van der Waals surface area (Å²) in [6, 6.07) is 18.2. The fourth-order valence-electron chi connectivity index (χ4n) is 4.26. The quantitative estimate of drug-likeness (QED) is 0.547. The number of aromatic nitrogens is 2. The van der Waals surface area contributed by atoms with Crippen molar-refractivity contribution in [1.29, 1.82) is 0 Å². The number of anilines is 1. The van der Waals surface area contributed by atoms with Crippen LogP contribution in [-0.4, -0.2) is 53.6 Å². The van der Waals surface area contributed by atoms with Crippen molar-refractivity contribution in [3.63, 3.8) is 0 Å². The number of amides is 1. The van der Waals surface area contributed by atoms with Gasteiger partial charge in [-0.2, -0.15) is 0 Å². The Labute approximate surface area is 196 Å². The van der Waals surface area contributed by atoms with Gasteiger partial charge in [-0.25, -0.2) is 9.97 Å². The molecular weight excluding hydrogens is 412 g/mol. The maximum absolute atomic E-state index is 12.6. The van der Waals surface area contributed by atoms with E-state index in [1.54, 1.807) is 0 Å². The van der Waals surface area contributed by atoms with Gasteiger partial charge < -0.3 is 14.5 Å². The van der Waals surface area contributed by atoms with Crippen molar-refractivity contribution < 1.29 is 9.53 Å². The van der Waals surface area contributed by atoms with Crippen LogP contribution in [0.1, 0.15) is 29.3 Å². The topological polar surface area (TPSA) is 58.6 Å². The summed E-state index contributed by atoms with van der Waals surface area (Å²) in [5.41, 5.74) is 5.50. The highest BCUT2D eigenvalue weighted by atomic mass is 16.5. The SMILES string of the molecule is CCc1c(C)nc(-c2cccc(C)c2)nc1N1CCN(C(=O)COCc2ccccc2)CC1. The van der Waals surface area contributed by atoms with Crippen molar-refractivity contribution in [1.82, 2.24) is 14.9 Å². The van der Waals surface area contributed by atoms with E-state index in [0.29, 0.717) is 19.7 Å². The lowest BCUT2D eigenvalue weighted by atomic mass is 10.1. The zero-order chi connectivity index (χ0) is 23.2. The van der Waals surface area contributed by atoms with Crippen LogP contribution < -0.4 is 4.90 Å². The highest BCUT2D eigenvalue weighted by Crippen LogP contribution is 2.27. The number of hydrogen-bond acceptors (Lipinski definition) is 5. The molecule has 0 N–H and O–H groups in total. The minimum atomic E-state index is 0.0422. The van der Waals surface area contributed by atoms with Gasteiger partial charge in [0.15, 0.2) is 5.82 Å². The Morgan fingerprint density at radius 3 is 2.42 bits per heavy atom.